The van der Waals surface area contributed by atoms with Gasteiger partial charge in [-0.2, -0.15) is 0 Å². The number of halogens is 1. The summed E-state index contributed by atoms with van der Waals surface area (Å²) in [5.41, 5.74) is 2.60. The van der Waals surface area contributed by atoms with Crippen molar-refractivity contribution in [3.8, 4) is 5.75 Å². The van der Waals surface area contributed by atoms with Gasteiger partial charge < -0.3 is 15.4 Å². The highest BCUT2D eigenvalue weighted by Gasteiger charge is 2.36. The van der Waals surface area contributed by atoms with Gasteiger partial charge in [0.1, 0.15) is 5.75 Å². The second-order valence-corrected chi connectivity index (χ2v) is 8.53. The van der Waals surface area contributed by atoms with E-state index in [0.29, 0.717) is 0 Å². The summed E-state index contributed by atoms with van der Waals surface area (Å²) in [5.74, 6) is 1.77. The maximum Gasteiger partial charge on any atom is 0.191 e. The lowest BCUT2D eigenvalue weighted by atomic mass is 9.78. The summed E-state index contributed by atoms with van der Waals surface area (Å²) < 4.78 is 5.45. The van der Waals surface area contributed by atoms with E-state index in [1.165, 1.54) is 36.1 Å². The van der Waals surface area contributed by atoms with E-state index in [2.05, 4.69) is 45.7 Å². The molecule has 0 radical (unpaired) electrons. The summed E-state index contributed by atoms with van der Waals surface area (Å²) in [6.07, 6.45) is 4.92. The van der Waals surface area contributed by atoms with Crippen LogP contribution in [0.3, 0.4) is 0 Å². The van der Waals surface area contributed by atoms with Crippen LogP contribution in [0.4, 0.5) is 0 Å². The topological polar surface area (TPSA) is 58.5 Å². The Morgan fingerprint density at radius 1 is 1.25 bits per heavy atom. The van der Waals surface area contributed by atoms with Gasteiger partial charge in [-0.25, -0.2) is 4.98 Å². The minimum atomic E-state index is 0. The fourth-order valence-corrected chi connectivity index (χ4v) is 4.82. The van der Waals surface area contributed by atoms with Crippen molar-refractivity contribution in [1.29, 1.82) is 0 Å². The number of hydrogen-bond donors (Lipinski definition) is 2. The molecule has 1 aliphatic rings. The smallest absolute Gasteiger partial charge is 0.191 e. The van der Waals surface area contributed by atoms with Crippen LogP contribution in [0.25, 0.3) is 0 Å². The Hall–Kier alpha value is -1.35. The lowest BCUT2D eigenvalue weighted by Gasteiger charge is -2.31. The van der Waals surface area contributed by atoms with Crippen molar-refractivity contribution >= 4 is 41.3 Å². The van der Waals surface area contributed by atoms with Crippen molar-refractivity contribution in [2.24, 2.45) is 4.99 Å². The Labute approximate surface area is 189 Å². The molecule has 5 nitrogen and oxygen atoms in total. The molecule has 0 atom stereocenters. The van der Waals surface area contributed by atoms with Gasteiger partial charge in [0.2, 0.25) is 0 Å². The Kier molecular flexibility index (Phi) is 8.55. The van der Waals surface area contributed by atoms with Crippen molar-refractivity contribution in [1.82, 2.24) is 15.6 Å². The largest absolute Gasteiger partial charge is 0.497 e. The van der Waals surface area contributed by atoms with Crippen LogP contribution in [-0.2, 0) is 12.0 Å². The molecule has 3 rings (SSSR count). The van der Waals surface area contributed by atoms with Crippen LogP contribution in [0.2, 0.25) is 0 Å². The molecule has 7 heteroatoms. The van der Waals surface area contributed by atoms with Gasteiger partial charge in [0, 0.05) is 23.9 Å². The van der Waals surface area contributed by atoms with Crippen molar-refractivity contribution < 1.29 is 4.74 Å². The summed E-state index contributed by atoms with van der Waals surface area (Å²) in [6, 6.07) is 8.53. The molecule has 1 saturated carbocycles. The Morgan fingerprint density at radius 2 is 2.00 bits per heavy atom. The zero-order valence-electron chi connectivity index (χ0n) is 17.2. The molecule has 1 aromatic heterocycles. The predicted molar refractivity (Wildman–Crippen MR) is 128 cm³/mol. The number of aryl methyl sites for hydroxylation is 2. The van der Waals surface area contributed by atoms with Crippen LogP contribution in [0.15, 0.2) is 29.3 Å². The molecular formula is C21H31IN4OS. The van der Waals surface area contributed by atoms with Crippen LogP contribution >= 0.6 is 35.3 Å². The minimum absolute atomic E-state index is 0. The first-order valence-corrected chi connectivity index (χ1v) is 10.4. The number of nitrogens with one attached hydrogen (secondary N) is 2. The molecule has 0 bridgehead atoms. The molecule has 1 aliphatic carbocycles. The molecule has 0 aliphatic heterocycles. The summed E-state index contributed by atoms with van der Waals surface area (Å²) in [6.45, 7) is 5.74. The van der Waals surface area contributed by atoms with Crippen LogP contribution in [0, 0.1) is 13.8 Å². The summed E-state index contributed by atoms with van der Waals surface area (Å²) in [7, 11) is 3.56. The van der Waals surface area contributed by atoms with Crippen LogP contribution in [0.1, 0.15) is 46.8 Å². The number of aromatic nitrogens is 1. The van der Waals surface area contributed by atoms with Crippen molar-refractivity contribution in [3.05, 3.63) is 45.4 Å². The highest BCUT2D eigenvalue weighted by Crippen LogP contribution is 2.41. The average Bonchev–Trinajstić information content (AvgIpc) is 3.29. The zero-order chi connectivity index (χ0) is 19.3. The van der Waals surface area contributed by atoms with E-state index < -0.39 is 0 Å². The van der Waals surface area contributed by atoms with Gasteiger partial charge in [-0.1, -0.05) is 25.0 Å². The quantitative estimate of drug-likeness (QED) is 0.337. The zero-order valence-corrected chi connectivity index (χ0v) is 20.3. The van der Waals surface area contributed by atoms with Gasteiger partial charge in [0.05, 0.1) is 24.4 Å². The predicted octanol–water partition coefficient (Wildman–Crippen LogP) is 4.56. The first kappa shape index (κ1) is 22.9. The number of aliphatic imine (C=N–C) groups is 1. The van der Waals surface area contributed by atoms with Gasteiger partial charge in [-0.15, -0.1) is 35.3 Å². The van der Waals surface area contributed by atoms with Gasteiger partial charge in [0.25, 0.3) is 0 Å². The Bertz CT molecular complexity index is 799. The van der Waals surface area contributed by atoms with Gasteiger partial charge >= 0.3 is 0 Å². The third-order valence-electron chi connectivity index (χ3n) is 5.48. The second-order valence-electron chi connectivity index (χ2n) is 7.24. The molecule has 0 spiro atoms. The third-order valence-corrected chi connectivity index (χ3v) is 6.55. The monoisotopic (exact) mass is 514 g/mol. The van der Waals surface area contributed by atoms with E-state index >= 15 is 0 Å². The maximum absolute atomic E-state index is 5.45. The maximum atomic E-state index is 5.45. The SMILES string of the molecule is CN=C(NCc1sc(C)nc1C)NCC1(c2cccc(OC)c2)CCCC1.I. The Balaban J connectivity index is 0.00000280. The number of thiazole rings is 1. The van der Waals surface area contributed by atoms with Crippen molar-refractivity contribution in [3.63, 3.8) is 0 Å². The molecule has 2 N–H and O–H groups in total. The standard InChI is InChI=1S/C21H30N4OS.HI/c1-15-19(27-16(2)25-15)13-23-20(22-3)24-14-21(10-5-6-11-21)17-8-7-9-18(12-17)26-4;/h7-9,12H,5-6,10-11,13-14H2,1-4H3,(H2,22,23,24);1H. The normalized spacial score (nSPS) is 15.8. The third kappa shape index (κ3) is 5.37. The summed E-state index contributed by atoms with van der Waals surface area (Å²) in [4.78, 5) is 10.2. The van der Waals surface area contributed by atoms with Crippen LogP contribution in [-0.4, -0.2) is 31.6 Å². The van der Waals surface area contributed by atoms with E-state index in [4.69, 9.17) is 4.74 Å². The second kappa shape index (κ2) is 10.4. The number of guanidine groups is 1. The van der Waals surface area contributed by atoms with E-state index in [1.54, 1.807) is 18.4 Å². The van der Waals surface area contributed by atoms with Crippen LogP contribution in [0.5, 0.6) is 5.75 Å². The number of methoxy groups -OCH3 is 1. The molecule has 1 heterocycles. The summed E-state index contributed by atoms with van der Waals surface area (Å²) in [5, 5.41) is 8.11. The number of hydrogen-bond acceptors (Lipinski definition) is 4. The fourth-order valence-electron chi connectivity index (χ4n) is 3.95. The molecular weight excluding hydrogens is 483 g/mol. The molecule has 2 aromatic rings. The molecule has 1 aromatic carbocycles. The molecule has 28 heavy (non-hydrogen) atoms. The molecule has 0 amide bonds. The number of rotatable bonds is 6. The minimum Gasteiger partial charge on any atom is -0.497 e. The van der Waals surface area contributed by atoms with Crippen LogP contribution < -0.4 is 15.4 Å². The Morgan fingerprint density at radius 3 is 2.61 bits per heavy atom. The fraction of sp³-hybridized carbons (Fsp3) is 0.524. The molecule has 0 unspecified atom stereocenters. The van der Waals surface area contributed by atoms with E-state index in [0.717, 1.165) is 35.5 Å². The van der Waals surface area contributed by atoms with Gasteiger partial charge in [-0.3, -0.25) is 4.99 Å². The van der Waals surface area contributed by atoms with Gasteiger partial charge in [0.15, 0.2) is 5.96 Å². The lowest BCUT2D eigenvalue weighted by molar-refractivity contribution is 0.404. The van der Waals surface area contributed by atoms with Crippen molar-refractivity contribution in [2.45, 2.75) is 51.5 Å². The lowest BCUT2D eigenvalue weighted by Crippen LogP contribution is -2.44. The van der Waals surface area contributed by atoms with E-state index in [-0.39, 0.29) is 29.4 Å². The first-order valence-electron chi connectivity index (χ1n) is 9.58. The summed E-state index contributed by atoms with van der Waals surface area (Å²) >= 11 is 1.74. The number of benzene rings is 1. The molecule has 1 fully saturated rings. The van der Waals surface area contributed by atoms with E-state index in [1.807, 2.05) is 20.0 Å². The highest BCUT2D eigenvalue weighted by molar-refractivity contribution is 14.0. The van der Waals surface area contributed by atoms with E-state index in [9.17, 15) is 0 Å². The number of ether oxygens (including phenoxy) is 1. The molecule has 0 saturated heterocycles. The van der Waals surface area contributed by atoms with Gasteiger partial charge in [-0.05, 0) is 44.4 Å². The average molecular weight is 514 g/mol. The first-order chi connectivity index (χ1) is 13.1. The molecule has 154 valence electrons. The number of nitrogens with zero attached hydrogens (tertiary/aromatic N) is 2. The van der Waals surface area contributed by atoms with Crippen molar-refractivity contribution in [2.75, 3.05) is 20.7 Å². The highest BCUT2D eigenvalue weighted by atomic mass is 127.